The number of anilines is 1. The molecule has 1 aliphatic heterocycles. The van der Waals surface area contributed by atoms with Crippen LogP contribution in [0.1, 0.15) is 26.7 Å². The van der Waals surface area contributed by atoms with Gasteiger partial charge in [0, 0.05) is 49.9 Å². The SMILES string of the molecule is CN=C(NCCCCNc1ccccn1)N1CCSC(C)(C)C1.I. The molecule has 0 radical (unpaired) electrons. The number of nitrogens with zero attached hydrogens (tertiary/aromatic N) is 3. The van der Waals surface area contributed by atoms with Crippen LogP contribution in [0.3, 0.4) is 0 Å². The van der Waals surface area contributed by atoms with E-state index < -0.39 is 0 Å². The van der Waals surface area contributed by atoms with Crippen LogP contribution in [0, 0.1) is 0 Å². The van der Waals surface area contributed by atoms with Crippen molar-refractivity contribution >= 4 is 47.5 Å². The molecular weight excluding hydrogens is 433 g/mol. The summed E-state index contributed by atoms with van der Waals surface area (Å²) in [5.41, 5.74) is 0. The van der Waals surface area contributed by atoms with Gasteiger partial charge in [0.15, 0.2) is 5.96 Å². The van der Waals surface area contributed by atoms with Gasteiger partial charge in [0.05, 0.1) is 0 Å². The lowest BCUT2D eigenvalue weighted by atomic mass is 10.2. The Kier molecular flexibility index (Phi) is 9.80. The highest BCUT2D eigenvalue weighted by Gasteiger charge is 2.28. The molecule has 7 heteroatoms. The standard InChI is InChI=1S/C17H29N5S.HI/c1-17(2)14-22(12-13-23-17)16(18-3)21-11-7-6-10-20-15-8-4-5-9-19-15;/h4-5,8-9H,6-7,10-14H2,1-3H3,(H,18,21)(H,19,20);1H. The number of pyridine rings is 1. The van der Waals surface area contributed by atoms with Crippen LogP contribution < -0.4 is 10.6 Å². The van der Waals surface area contributed by atoms with Crippen molar-refractivity contribution < 1.29 is 0 Å². The van der Waals surface area contributed by atoms with E-state index in [9.17, 15) is 0 Å². The number of halogens is 1. The minimum atomic E-state index is 0. The lowest BCUT2D eigenvalue weighted by molar-refractivity contribution is 0.375. The highest BCUT2D eigenvalue weighted by atomic mass is 127. The molecule has 0 saturated carbocycles. The van der Waals surface area contributed by atoms with Crippen LogP contribution in [0.4, 0.5) is 5.82 Å². The van der Waals surface area contributed by atoms with E-state index >= 15 is 0 Å². The zero-order valence-electron chi connectivity index (χ0n) is 14.9. The summed E-state index contributed by atoms with van der Waals surface area (Å²) in [6.07, 6.45) is 4.04. The molecule has 1 fully saturated rings. The molecule has 2 heterocycles. The number of aromatic nitrogens is 1. The predicted molar refractivity (Wildman–Crippen MR) is 117 cm³/mol. The molecule has 0 aromatic carbocycles. The quantitative estimate of drug-likeness (QED) is 0.294. The van der Waals surface area contributed by atoms with E-state index in [1.54, 1.807) is 0 Å². The third kappa shape index (κ3) is 7.46. The zero-order chi connectivity index (χ0) is 16.5. The van der Waals surface area contributed by atoms with E-state index in [1.807, 2.05) is 43.2 Å². The molecule has 136 valence electrons. The summed E-state index contributed by atoms with van der Waals surface area (Å²) in [6, 6.07) is 5.93. The average molecular weight is 463 g/mol. The van der Waals surface area contributed by atoms with Crippen molar-refractivity contribution in [2.75, 3.05) is 44.3 Å². The number of thioether (sulfide) groups is 1. The van der Waals surface area contributed by atoms with E-state index in [4.69, 9.17) is 0 Å². The van der Waals surface area contributed by atoms with Crippen molar-refractivity contribution in [2.45, 2.75) is 31.4 Å². The van der Waals surface area contributed by atoms with Gasteiger partial charge in [-0.3, -0.25) is 4.99 Å². The Bertz CT molecular complexity index is 495. The van der Waals surface area contributed by atoms with E-state index in [2.05, 4.69) is 39.4 Å². The minimum Gasteiger partial charge on any atom is -0.370 e. The molecule has 1 saturated heterocycles. The van der Waals surface area contributed by atoms with E-state index in [0.717, 1.165) is 50.8 Å². The van der Waals surface area contributed by atoms with Crippen LogP contribution in [0.5, 0.6) is 0 Å². The molecule has 2 N–H and O–H groups in total. The maximum Gasteiger partial charge on any atom is 0.193 e. The molecule has 2 rings (SSSR count). The van der Waals surface area contributed by atoms with Gasteiger partial charge in [-0.2, -0.15) is 11.8 Å². The van der Waals surface area contributed by atoms with Crippen LogP contribution in [0.25, 0.3) is 0 Å². The number of rotatable bonds is 6. The smallest absolute Gasteiger partial charge is 0.193 e. The number of guanidine groups is 1. The molecule has 0 aliphatic carbocycles. The van der Waals surface area contributed by atoms with Gasteiger partial charge in [-0.15, -0.1) is 24.0 Å². The second-order valence-corrected chi connectivity index (χ2v) is 8.15. The highest BCUT2D eigenvalue weighted by molar-refractivity contribution is 14.0. The van der Waals surface area contributed by atoms with Gasteiger partial charge in [-0.1, -0.05) is 6.07 Å². The van der Waals surface area contributed by atoms with Crippen molar-refractivity contribution in [1.29, 1.82) is 0 Å². The third-order valence-corrected chi connectivity index (χ3v) is 5.09. The number of hydrogen-bond acceptors (Lipinski definition) is 4. The molecule has 0 bridgehead atoms. The van der Waals surface area contributed by atoms with Crippen LogP contribution in [-0.2, 0) is 0 Å². The normalized spacial score (nSPS) is 17.1. The van der Waals surface area contributed by atoms with Crippen LogP contribution in [0.2, 0.25) is 0 Å². The fourth-order valence-electron chi connectivity index (χ4n) is 2.66. The molecule has 1 aliphatic rings. The van der Waals surface area contributed by atoms with E-state index in [0.29, 0.717) is 4.75 Å². The van der Waals surface area contributed by atoms with Crippen LogP contribution in [-0.4, -0.2) is 59.6 Å². The second-order valence-electron chi connectivity index (χ2n) is 6.35. The Morgan fingerprint density at radius 2 is 2.12 bits per heavy atom. The van der Waals surface area contributed by atoms with Crippen molar-refractivity contribution in [3.8, 4) is 0 Å². The molecule has 0 amide bonds. The summed E-state index contributed by atoms with van der Waals surface area (Å²) in [5, 5.41) is 6.84. The molecule has 0 unspecified atom stereocenters. The largest absolute Gasteiger partial charge is 0.370 e. The van der Waals surface area contributed by atoms with Gasteiger partial charge in [-0.05, 0) is 38.8 Å². The summed E-state index contributed by atoms with van der Waals surface area (Å²) in [6.45, 7) is 8.65. The van der Waals surface area contributed by atoms with Gasteiger partial charge < -0.3 is 15.5 Å². The first kappa shape index (κ1) is 21.3. The monoisotopic (exact) mass is 463 g/mol. The number of aliphatic imine (C=N–C) groups is 1. The fourth-order valence-corrected chi connectivity index (χ4v) is 3.77. The number of nitrogens with one attached hydrogen (secondary N) is 2. The Labute approximate surface area is 167 Å². The van der Waals surface area contributed by atoms with Crippen molar-refractivity contribution in [3.05, 3.63) is 24.4 Å². The molecule has 1 aromatic heterocycles. The molecule has 5 nitrogen and oxygen atoms in total. The zero-order valence-corrected chi connectivity index (χ0v) is 18.1. The van der Waals surface area contributed by atoms with Gasteiger partial charge >= 0.3 is 0 Å². The Morgan fingerprint density at radius 1 is 1.33 bits per heavy atom. The summed E-state index contributed by atoms with van der Waals surface area (Å²) < 4.78 is 0.308. The average Bonchev–Trinajstić information content (AvgIpc) is 2.54. The molecule has 1 aromatic rings. The van der Waals surface area contributed by atoms with E-state index in [-0.39, 0.29) is 24.0 Å². The van der Waals surface area contributed by atoms with Gasteiger partial charge in [-0.25, -0.2) is 4.98 Å². The Balaban J connectivity index is 0.00000288. The van der Waals surface area contributed by atoms with Crippen molar-refractivity contribution in [2.24, 2.45) is 4.99 Å². The van der Waals surface area contributed by atoms with Gasteiger partial charge in [0.1, 0.15) is 5.82 Å². The molecule has 0 spiro atoms. The maximum atomic E-state index is 4.44. The lowest BCUT2D eigenvalue weighted by Crippen LogP contribution is -2.51. The first-order chi connectivity index (χ1) is 11.1. The highest BCUT2D eigenvalue weighted by Crippen LogP contribution is 2.29. The number of unbranched alkanes of at least 4 members (excludes halogenated alkanes) is 1. The Morgan fingerprint density at radius 3 is 2.79 bits per heavy atom. The molecule has 24 heavy (non-hydrogen) atoms. The Hall–Kier alpha value is -0.700. The van der Waals surface area contributed by atoms with Gasteiger partial charge in [0.25, 0.3) is 0 Å². The molecular formula is C17H30IN5S. The van der Waals surface area contributed by atoms with E-state index in [1.165, 1.54) is 5.75 Å². The maximum absolute atomic E-state index is 4.44. The van der Waals surface area contributed by atoms with Crippen LogP contribution in [0.15, 0.2) is 29.4 Å². The lowest BCUT2D eigenvalue weighted by Gasteiger charge is -2.39. The molecule has 0 atom stereocenters. The first-order valence-electron chi connectivity index (χ1n) is 8.35. The van der Waals surface area contributed by atoms with Gasteiger partial charge in [0.2, 0.25) is 0 Å². The summed E-state index contributed by atoms with van der Waals surface area (Å²) in [5.74, 6) is 3.15. The van der Waals surface area contributed by atoms with Crippen molar-refractivity contribution in [3.63, 3.8) is 0 Å². The summed E-state index contributed by atoms with van der Waals surface area (Å²) in [4.78, 5) is 11.1. The number of hydrogen-bond donors (Lipinski definition) is 2. The predicted octanol–water partition coefficient (Wildman–Crippen LogP) is 3.29. The second kappa shape index (κ2) is 11.0. The summed E-state index contributed by atoms with van der Waals surface area (Å²) >= 11 is 2.05. The minimum absolute atomic E-state index is 0. The summed E-state index contributed by atoms with van der Waals surface area (Å²) in [7, 11) is 1.87. The van der Waals surface area contributed by atoms with Crippen molar-refractivity contribution in [1.82, 2.24) is 15.2 Å². The topological polar surface area (TPSA) is 52.6 Å². The van der Waals surface area contributed by atoms with Crippen LogP contribution >= 0.6 is 35.7 Å². The first-order valence-corrected chi connectivity index (χ1v) is 9.34. The fraction of sp³-hybridized carbons (Fsp3) is 0.647. The third-order valence-electron chi connectivity index (χ3n) is 3.79.